The fraction of sp³-hybridized carbons (Fsp3) is 0.333. The molecule has 1 aromatic carbocycles. The summed E-state index contributed by atoms with van der Waals surface area (Å²) in [5.41, 5.74) is 5.81. The Morgan fingerprint density at radius 3 is 2.84 bits per heavy atom. The number of nitrogens with zero attached hydrogens (tertiary/aromatic N) is 1. The molecule has 0 fully saturated rings. The SMILES string of the molecule is Cc1ccc(C)c(C2CC(=O)Nc3n[nH]c(C)c32)c1. The molecule has 1 unspecified atom stereocenters. The van der Waals surface area contributed by atoms with Gasteiger partial charge >= 0.3 is 0 Å². The molecular formula is C15H17N3O. The summed E-state index contributed by atoms with van der Waals surface area (Å²) in [5, 5.41) is 9.98. The van der Waals surface area contributed by atoms with Crippen molar-refractivity contribution in [2.75, 3.05) is 5.32 Å². The van der Waals surface area contributed by atoms with E-state index in [1.165, 1.54) is 16.7 Å². The van der Waals surface area contributed by atoms with Gasteiger partial charge in [0.05, 0.1) is 0 Å². The van der Waals surface area contributed by atoms with Crippen molar-refractivity contribution < 1.29 is 4.79 Å². The Kier molecular flexibility index (Phi) is 2.66. The zero-order valence-electron chi connectivity index (χ0n) is 11.4. The number of hydrogen-bond donors (Lipinski definition) is 2. The molecule has 1 atom stereocenters. The Hall–Kier alpha value is -2.10. The minimum Gasteiger partial charge on any atom is -0.309 e. The highest BCUT2D eigenvalue weighted by Gasteiger charge is 2.31. The summed E-state index contributed by atoms with van der Waals surface area (Å²) in [5.74, 6) is 0.812. The van der Waals surface area contributed by atoms with Crippen molar-refractivity contribution in [3.8, 4) is 0 Å². The van der Waals surface area contributed by atoms with Crippen molar-refractivity contribution >= 4 is 11.7 Å². The zero-order valence-corrected chi connectivity index (χ0v) is 11.4. The predicted molar refractivity (Wildman–Crippen MR) is 74.3 cm³/mol. The van der Waals surface area contributed by atoms with Crippen LogP contribution in [0.25, 0.3) is 0 Å². The third kappa shape index (κ3) is 1.93. The maximum absolute atomic E-state index is 11.9. The van der Waals surface area contributed by atoms with Gasteiger partial charge in [0.2, 0.25) is 5.91 Å². The number of anilines is 1. The van der Waals surface area contributed by atoms with E-state index in [9.17, 15) is 4.79 Å². The number of benzene rings is 1. The van der Waals surface area contributed by atoms with Gasteiger partial charge in [-0.05, 0) is 31.9 Å². The molecule has 2 N–H and O–H groups in total. The van der Waals surface area contributed by atoms with Crippen molar-refractivity contribution in [1.82, 2.24) is 10.2 Å². The maximum Gasteiger partial charge on any atom is 0.226 e. The summed E-state index contributed by atoms with van der Waals surface area (Å²) >= 11 is 0. The molecule has 4 nitrogen and oxygen atoms in total. The average molecular weight is 255 g/mol. The van der Waals surface area contributed by atoms with Crippen LogP contribution >= 0.6 is 0 Å². The summed E-state index contributed by atoms with van der Waals surface area (Å²) in [6, 6.07) is 6.39. The largest absolute Gasteiger partial charge is 0.309 e. The molecule has 3 rings (SSSR count). The Morgan fingerprint density at radius 1 is 1.26 bits per heavy atom. The molecule has 1 aliphatic heterocycles. The van der Waals surface area contributed by atoms with Crippen molar-refractivity contribution in [2.24, 2.45) is 0 Å². The third-order valence-corrected chi connectivity index (χ3v) is 3.80. The van der Waals surface area contributed by atoms with Crippen LogP contribution in [0.2, 0.25) is 0 Å². The Balaban J connectivity index is 2.17. The highest BCUT2D eigenvalue weighted by Crippen LogP contribution is 2.39. The van der Waals surface area contributed by atoms with Crippen LogP contribution < -0.4 is 5.32 Å². The van der Waals surface area contributed by atoms with Gasteiger partial charge in [-0.25, -0.2) is 0 Å². The molecule has 0 saturated heterocycles. The average Bonchev–Trinajstić information content (AvgIpc) is 2.73. The van der Waals surface area contributed by atoms with E-state index < -0.39 is 0 Å². The molecule has 19 heavy (non-hydrogen) atoms. The van der Waals surface area contributed by atoms with Gasteiger partial charge in [0.15, 0.2) is 5.82 Å². The number of nitrogens with one attached hydrogen (secondary N) is 2. The first kappa shape index (κ1) is 12.0. The fourth-order valence-corrected chi connectivity index (χ4v) is 2.83. The lowest BCUT2D eigenvalue weighted by Crippen LogP contribution is -2.24. The molecular weight excluding hydrogens is 238 g/mol. The molecule has 2 heterocycles. The van der Waals surface area contributed by atoms with Crippen LogP contribution in [0.4, 0.5) is 5.82 Å². The van der Waals surface area contributed by atoms with E-state index in [4.69, 9.17) is 0 Å². The number of carbonyl (C=O) groups excluding carboxylic acids is 1. The van der Waals surface area contributed by atoms with Gasteiger partial charge in [-0.1, -0.05) is 23.8 Å². The van der Waals surface area contributed by atoms with E-state index in [1.54, 1.807) is 0 Å². The van der Waals surface area contributed by atoms with Gasteiger partial charge in [-0.2, -0.15) is 5.10 Å². The van der Waals surface area contributed by atoms with Crippen molar-refractivity contribution in [2.45, 2.75) is 33.1 Å². The summed E-state index contributed by atoms with van der Waals surface area (Å²) in [4.78, 5) is 11.9. The molecule has 1 amide bonds. The number of aromatic nitrogens is 2. The second-order valence-electron chi connectivity index (χ2n) is 5.28. The van der Waals surface area contributed by atoms with E-state index in [0.717, 1.165) is 11.3 Å². The standard InChI is InChI=1S/C15H17N3O/c1-8-4-5-9(2)11(6-8)12-7-13(19)16-15-14(12)10(3)17-18-15/h4-6,12H,7H2,1-3H3,(H2,16,17,18,19). The minimum absolute atomic E-state index is 0.0323. The van der Waals surface area contributed by atoms with Crippen LogP contribution in [0.15, 0.2) is 18.2 Å². The van der Waals surface area contributed by atoms with Gasteiger partial charge in [-0.3, -0.25) is 9.89 Å². The molecule has 0 aliphatic carbocycles. The molecule has 0 spiro atoms. The topological polar surface area (TPSA) is 57.8 Å². The fourth-order valence-electron chi connectivity index (χ4n) is 2.83. The maximum atomic E-state index is 11.9. The first-order chi connectivity index (χ1) is 9.06. The number of H-pyrrole nitrogens is 1. The van der Waals surface area contributed by atoms with Crippen LogP contribution in [0.1, 0.15) is 40.3 Å². The molecule has 98 valence electrons. The zero-order chi connectivity index (χ0) is 13.6. The number of rotatable bonds is 1. The number of aryl methyl sites for hydroxylation is 3. The van der Waals surface area contributed by atoms with E-state index in [2.05, 4.69) is 47.6 Å². The molecule has 0 radical (unpaired) electrons. The lowest BCUT2D eigenvalue weighted by Gasteiger charge is -2.24. The van der Waals surface area contributed by atoms with Gasteiger partial charge in [0.25, 0.3) is 0 Å². The van der Waals surface area contributed by atoms with Crippen LogP contribution in [-0.2, 0) is 4.79 Å². The third-order valence-electron chi connectivity index (χ3n) is 3.80. The summed E-state index contributed by atoms with van der Waals surface area (Å²) < 4.78 is 0. The number of hydrogen-bond acceptors (Lipinski definition) is 2. The summed E-state index contributed by atoms with van der Waals surface area (Å²) in [7, 11) is 0. The normalized spacial score (nSPS) is 18.1. The number of amides is 1. The number of aromatic amines is 1. The summed E-state index contributed by atoms with van der Waals surface area (Å²) in [6.07, 6.45) is 0.484. The van der Waals surface area contributed by atoms with E-state index >= 15 is 0 Å². The van der Waals surface area contributed by atoms with Crippen molar-refractivity contribution in [1.29, 1.82) is 0 Å². The molecule has 1 aromatic heterocycles. The van der Waals surface area contributed by atoms with Gasteiger partial charge in [0.1, 0.15) is 0 Å². The Bertz CT molecular complexity index is 657. The van der Waals surface area contributed by atoms with Crippen molar-refractivity contribution in [3.05, 3.63) is 46.1 Å². The minimum atomic E-state index is 0.0323. The van der Waals surface area contributed by atoms with Crippen molar-refractivity contribution in [3.63, 3.8) is 0 Å². The number of fused-ring (bicyclic) bond motifs is 1. The first-order valence-corrected chi connectivity index (χ1v) is 6.48. The molecule has 2 aromatic rings. The van der Waals surface area contributed by atoms with Crippen LogP contribution in [0.5, 0.6) is 0 Å². The van der Waals surface area contributed by atoms with Crippen LogP contribution in [-0.4, -0.2) is 16.1 Å². The molecule has 0 saturated carbocycles. The lowest BCUT2D eigenvalue weighted by atomic mass is 9.83. The van der Waals surface area contributed by atoms with Gasteiger partial charge in [-0.15, -0.1) is 0 Å². The van der Waals surface area contributed by atoms with E-state index in [-0.39, 0.29) is 11.8 Å². The Labute approximate surface area is 112 Å². The van der Waals surface area contributed by atoms with E-state index in [0.29, 0.717) is 12.2 Å². The predicted octanol–water partition coefficient (Wildman–Crippen LogP) is 2.81. The van der Waals surface area contributed by atoms with Gasteiger partial charge < -0.3 is 5.32 Å². The first-order valence-electron chi connectivity index (χ1n) is 6.48. The lowest BCUT2D eigenvalue weighted by molar-refractivity contribution is -0.116. The van der Waals surface area contributed by atoms with Gasteiger partial charge in [0, 0.05) is 23.6 Å². The molecule has 1 aliphatic rings. The smallest absolute Gasteiger partial charge is 0.226 e. The second-order valence-corrected chi connectivity index (χ2v) is 5.28. The van der Waals surface area contributed by atoms with E-state index in [1.807, 2.05) is 6.92 Å². The number of carbonyl (C=O) groups is 1. The quantitative estimate of drug-likeness (QED) is 0.823. The van der Waals surface area contributed by atoms with Crippen LogP contribution in [0.3, 0.4) is 0 Å². The molecule has 0 bridgehead atoms. The second kappa shape index (κ2) is 4.23. The summed E-state index contributed by atoms with van der Waals surface area (Å²) in [6.45, 7) is 6.17. The highest BCUT2D eigenvalue weighted by molar-refractivity contribution is 5.94. The Morgan fingerprint density at radius 2 is 2.05 bits per heavy atom. The molecule has 4 heteroatoms. The monoisotopic (exact) mass is 255 g/mol. The highest BCUT2D eigenvalue weighted by atomic mass is 16.1. The van der Waals surface area contributed by atoms with Crippen LogP contribution in [0, 0.1) is 20.8 Å².